The summed E-state index contributed by atoms with van der Waals surface area (Å²) in [6.07, 6.45) is 0. The molecule has 0 aliphatic carbocycles. The molecule has 2 heterocycles. The highest BCUT2D eigenvalue weighted by Crippen LogP contribution is 2.19. The molecule has 0 atom stereocenters. The van der Waals surface area contributed by atoms with Crippen molar-refractivity contribution in [2.75, 3.05) is 11.1 Å². The zero-order valence-electron chi connectivity index (χ0n) is 12.6. The van der Waals surface area contributed by atoms with Crippen molar-refractivity contribution in [3.05, 3.63) is 41.7 Å². The van der Waals surface area contributed by atoms with Gasteiger partial charge in [0.25, 0.3) is 0 Å². The van der Waals surface area contributed by atoms with Crippen LogP contribution in [0.2, 0.25) is 0 Å². The van der Waals surface area contributed by atoms with E-state index in [2.05, 4.69) is 26.0 Å². The maximum atomic E-state index is 11.9. The van der Waals surface area contributed by atoms with Gasteiger partial charge < -0.3 is 9.84 Å². The molecule has 0 saturated carbocycles. The molecule has 9 heteroatoms. The first-order chi connectivity index (χ1) is 11.1. The molecule has 0 bridgehead atoms. The minimum atomic E-state index is -0.206. The van der Waals surface area contributed by atoms with Crippen molar-refractivity contribution in [3.63, 3.8) is 0 Å². The lowest BCUT2D eigenvalue weighted by Gasteiger charge is -2.05. The molecule has 8 nitrogen and oxygen atoms in total. The highest BCUT2D eigenvalue weighted by Gasteiger charge is 2.12. The number of nitrogens with one attached hydrogen (secondary N) is 1. The predicted molar refractivity (Wildman–Crippen MR) is 84.5 cm³/mol. The molecule has 0 fully saturated rings. The Hall–Kier alpha value is -2.68. The van der Waals surface area contributed by atoms with Gasteiger partial charge in [-0.1, -0.05) is 29.1 Å². The van der Waals surface area contributed by atoms with Crippen LogP contribution in [-0.2, 0) is 4.79 Å². The van der Waals surface area contributed by atoms with Gasteiger partial charge in [-0.3, -0.25) is 4.79 Å². The molecule has 2 aromatic heterocycles. The smallest absolute Gasteiger partial charge is 0.236 e. The molecule has 0 radical (unpaired) electrons. The number of benzene rings is 1. The number of carbonyl (C=O) groups is 1. The summed E-state index contributed by atoms with van der Waals surface area (Å²) < 4.78 is 6.50. The number of aromatic nitrogens is 5. The van der Waals surface area contributed by atoms with E-state index in [0.29, 0.717) is 16.7 Å². The number of thioether (sulfide) groups is 1. The number of carbonyl (C=O) groups excluding carboxylic acids is 1. The molecule has 3 rings (SSSR count). The normalized spacial score (nSPS) is 10.7. The van der Waals surface area contributed by atoms with Gasteiger partial charge in [0.2, 0.25) is 11.1 Å². The van der Waals surface area contributed by atoms with Crippen LogP contribution in [0.3, 0.4) is 0 Å². The number of hydrogen-bond acceptors (Lipinski definition) is 7. The summed E-state index contributed by atoms with van der Waals surface area (Å²) in [4.78, 5) is 11.9. The quantitative estimate of drug-likeness (QED) is 0.714. The van der Waals surface area contributed by atoms with Gasteiger partial charge >= 0.3 is 0 Å². The number of hydrogen-bond donors (Lipinski definition) is 1. The van der Waals surface area contributed by atoms with Gasteiger partial charge in [-0.05, 0) is 42.0 Å². The molecule has 1 amide bonds. The van der Waals surface area contributed by atoms with Crippen LogP contribution in [-0.4, -0.2) is 37.0 Å². The van der Waals surface area contributed by atoms with E-state index in [1.54, 1.807) is 17.7 Å². The topological polar surface area (TPSA) is 98.7 Å². The molecule has 3 aromatic rings. The Morgan fingerprint density at radius 3 is 2.96 bits per heavy atom. The fraction of sp³-hybridized carbons (Fsp3) is 0.214. The van der Waals surface area contributed by atoms with Crippen molar-refractivity contribution in [1.29, 1.82) is 0 Å². The second-order valence-corrected chi connectivity index (χ2v) is 5.81. The summed E-state index contributed by atoms with van der Waals surface area (Å²) >= 11 is 1.24. The first kappa shape index (κ1) is 15.2. The van der Waals surface area contributed by atoms with Crippen LogP contribution in [0.25, 0.3) is 5.69 Å². The highest BCUT2D eigenvalue weighted by molar-refractivity contribution is 7.99. The third-order valence-electron chi connectivity index (χ3n) is 2.91. The van der Waals surface area contributed by atoms with Crippen LogP contribution < -0.4 is 5.32 Å². The Morgan fingerprint density at radius 1 is 1.35 bits per heavy atom. The highest BCUT2D eigenvalue weighted by atomic mass is 32.2. The van der Waals surface area contributed by atoms with Gasteiger partial charge in [0, 0.05) is 6.07 Å². The molecule has 118 valence electrons. The molecule has 0 unspecified atom stereocenters. The van der Waals surface area contributed by atoms with Gasteiger partial charge in [-0.2, -0.15) is 4.68 Å². The number of tetrazole rings is 1. The lowest BCUT2D eigenvalue weighted by molar-refractivity contribution is -0.113. The van der Waals surface area contributed by atoms with E-state index < -0.39 is 0 Å². The Kier molecular flexibility index (Phi) is 4.38. The Bertz CT molecular complexity index is 828. The van der Waals surface area contributed by atoms with E-state index in [-0.39, 0.29) is 11.7 Å². The van der Waals surface area contributed by atoms with Gasteiger partial charge in [0.1, 0.15) is 5.76 Å². The third kappa shape index (κ3) is 3.75. The van der Waals surface area contributed by atoms with Crippen LogP contribution in [0, 0.1) is 13.8 Å². The van der Waals surface area contributed by atoms with Crippen LogP contribution in [0.15, 0.2) is 40.0 Å². The van der Waals surface area contributed by atoms with E-state index in [1.165, 1.54) is 11.8 Å². The second-order valence-electron chi connectivity index (χ2n) is 4.87. The van der Waals surface area contributed by atoms with Crippen LogP contribution in [0.4, 0.5) is 5.82 Å². The average Bonchev–Trinajstić information content (AvgIpc) is 3.14. The molecule has 0 aliphatic heterocycles. The third-order valence-corrected chi connectivity index (χ3v) is 3.83. The van der Waals surface area contributed by atoms with Crippen LogP contribution >= 0.6 is 11.8 Å². The van der Waals surface area contributed by atoms with E-state index in [9.17, 15) is 4.79 Å². The maximum Gasteiger partial charge on any atom is 0.236 e. The molecule has 23 heavy (non-hydrogen) atoms. The summed E-state index contributed by atoms with van der Waals surface area (Å²) in [6.45, 7) is 3.75. The molecule has 1 N–H and O–H groups in total. The number of amides is 1. The molecule has 0 spiro atoms. The molecule has 1 aromatic carbocycles. The van der Waals surface area contributed by atoms with E-state index in [0.717, 1.165) is 11.3 Å². The fourth-order valence-electron chi connectivity index (χ4n) is 1.93. The van der Waals surface area contributed by atoms with Crippen molar-refractivity contribution < 1.29 is 9.32 Å². The zero-order valence-corrected chi connectivity index (χ0v) is 13.4. The van der Waals surface area contributed by atoms with E-state index in [1.807, 2.05) is 31.2 Å². The first-order valence-corrected chi connectivity index (χ1v) is 7.82. The zero-order chi connectivity index (χ0) is 16.2. The minimum absolute atomic E-state index is 0.165. The monoisotopic (exact) mass is 330 g/mol. The second kappa shape index (κ2) is 6.61. The number of nitrogens with zero attached hydrogens (tertiary/aromatic N) is 5. The summed E-state index contributed by atoms with van der Waals surface area (Å²) in [7, 11) is 0. The molecular weight excluding hydrogens is 316 g/mol. The van der Waals surface area contributed by atoms with Gasteiger partial charge in [0.15, 0.2) is 5.82 Å². The number of anilines is 1. The maximum absolute atomic E-state index is 11.9. The van der Waals surface area contributed by atoms with Crippen molar-refractivity contribution in [2.45, 2.75) is 19.0 Å². The Labute approximate surface area is 136 Å². The summed E-state index contributed by atoms with van der Waals surface area (Å²) in [5.41, 5.74) is 1.96. The van der Waals surface area contributed by atoms with Gasteiger partial charge in [-0.25, -0.2) is 0 Å². The minimum Gasteiger partial charge on any atom is -0.360 e. The van der Waals surface area contributed by atoms with Crippen LogP contribution in [0.1, 0.15) is 11.3 Å². The average molecular weight is 330 g/mol. The molecule has 0 aliphatic rings. The largest absolute Gasteiger partial charge is 0.360 e. The number of rotatable bonds is 5. The Morgan fingerprint density at radius 2 is 2.22 bits per heavy atom. The number of aryl methyl sites for hydroxylation is 2. The predicted octanol–water partition coefficient (Wildman–Crippen LogP) is 2.00. The molecular formula is C14H14N6O2S. The van der Waals surface area contributed by atoms with Gasteiger partial charge in [-0.15, -0.1) is 5.10 Å². The van der Waals surface area contributed by atoms with Crippen molar-refractivity contribution >= 4 is 23.5 Å². The lowest BCUT2D eigenvalue weighted by Crippen LogP contribution is -2.14. The van der Waals surface area contributed by atoms with E-state index in [4.69, 9.17) is 4.52 Å². The first-order valence-electron chi connectivity index (χ1n) is 6.83. The van der Waals surface area contributed by atoms with Crippen molar-refractivity contribution in [3.8, 4) is 5.69 Å². The summed E-state index contributed by atoms with van der Waals surface area (Å²) in [5.74, 6) is 0.989. The fourth-order valence-corrected chi connectivity index (χ4v) is 2.62. The lowest BCUT2D eigenvalue weighted by atomic mass is 10.2. The molecule has 0 saturated heterocycles. The van der Waals surface area contributed by atoms with E-state index >= 15 is 0 Å². The standard InChI is InChI=1S/C14H14N6O2S/c1-9-4-3-5-11(6-9)20-14(16-18-19-20)23-8-13(21)15-12-7-10(2)22-17-12/h3-7H,8H2,1-2H3,(H,15,17,21). The summed E-state index contributed by atoms with van der Waals surface area (Å²) in [5, 5.41) is 18.5. The van der Waals surface area contributed by atoms with Crippen LogP contribution in [0.5, 0.6) is 0 Å². The van der Waals surface area contributed by atoms with Crippen molar-refractivity contribution in [1.82, 2.24) is 25.4 Å². The summed E-state index contributed by atoms with van der Waals surface area (Å²) in [6, 6.07) is 9.46. The van der Waals surface area contributed by atoms with Crippen molar-refractivity contribution in [2.24, 2.45) is 0 Å². The SMILES string of the molecule is Cc1cccc(-n2nnnc2SCC(=O)Nc2cc(C)on2)c1. The Balaban J connectivity index is 1.65. The van der Waals surface area contributed by atoms with Gasteiger partial charge in [0.05, 0.1) is 11.4 Å².